The molecule has 3 aliphatic rings. The number of hydrogen-bond donors (Lipinski definition) is 4. The lowest BCUT2D eigenvalue weighted by molar-refractivity contribution is -0.145. The van der Waals surface area contributed by atoms with Gasteiger partial charge in [0.25, 0.3) is 0 Å². The minimum atomic E-state index is -1.47. The van der Waals surface area contributed by atoms with Crippen LogP contribution in [0.15, 0.2) is 36.4 Å². The fourth-order valence-corrected chi connectivity index (χ4v) is 6.64. The molecule has 4 amide bonds. The highest BCUT2D eigenvalue weighted by atomic mass is 32.1. The highest BCUT2D eigenvalue weighted by Gasteiger charge is 2.61. The highest BCUT2D eigenvalue weighted by molar-refractivity contribution is 7.22. The lowest BCUT2D eigenvalue weighted by Gasteiger charge is -2.30. The Morgan fingerprint density at radius 3 is 2.64 bits per heavy atom. The molecular weight excluding hydrogens is 602 g/mol. The number of carbonyl (C=O) groups is 5. The van der Waals surface area contributed by atoms with Crippen LogP contribution in [0.25, 0.3) is 10.2 Å². The van der Waals surface area contributed by atoms with Crippen LogP contribution in [-0.2, 0) is 23.9 Å². The van der Waals surface area contributed by atoms with E-state index in [-0.39, 0.29) is 25.3 Å². The van der Waals surface area contributed by atoms with E-state index in [0.717, 1.165) is 29.5 Å². The van der Waals surface area contributed by atoms with Crippen molar-refractivity contribution in [2.45, 2.75) is 95.0 Å². The van der Waals surface area contributed by atoms with Gasteiger partial charge in [-0.25, -0.2) is 19.4 Å². The molecule has 0 unspecified atom stereocenters. The molecule has 45 heavy (non-hydrogen) atoms. The summed E-state index contributed by atoms with van der Waals surface area (Å²) in [7, 11) is 0. The van der Waals surface area contributed by atoms with E-state index in [1.807, 2.05) is 36.4 Å². The van der Waals surface area contributed by atoms with Gasteiger partial charge in [0.15, 0.2) is 5.13 Å². The Kier molecular flexibility index (Phi) is 9.33. The number of allylic oxidation sites excluding steroid dienone is 1. The molecule has 2 aromatic rings. The predicted octanol–water partition coefficient (Wildman–Crippen LogP) is 4.19. The van der Waals surface area contributed by atoms with Gasteiger partial charge in [0.2, 0.25) is 11.8 Å². The summed E-state index contributed by atoms with van der Waals surface area (Å²) in [6, 6.07) is 5.26. The summed E-state index contributed by atoms with van der Waals surface area (Å²) in [6.45, 7) is 5.01. The molecule has 14 heteroatoms. The average molecular weight is 642 g/mol. The SMILES string of the molecule is CC(C)(C)OC(=O)N[C@H]1CCCCC/C=C\[C@@H]2C[C@@]2(C(=O)O)NC(=O)[C@@H]2C[C@@H](OC(=O)Nc3nc4ccccc4s3)CN2C1=O. The maximum Gasteiger partial charge on any atom is 0.413 e. The van der Waals surface area contributed by atoms with Crippen LogP contribution in [0, 0.1) is 5.92 Å². The number of aliphatic carboxylic acids is 1. The van der Waals surface area contributed by atoms with Crippen LogP contribution in [0.4, 0.5) is 14.7 Å². The summed E-state index contributed by atoms with van der Waals surface area (Å²) in [5.74, 6) is -2.73. The number of thiazole rings is 1. The van der Waals surface area contributed by atoms with Gasteiger partial charge in [0, 0.05) is 12.3 Å². The van der Waals surface area contributed by atoms with E-state index in [9.17, 15) is 29.1 Å². The molecule has 0 bridgehead atoms. The fraction of sp³-hybridized carbons (Fsp3) is 0.548. The molecule has 1 aromatic carbocycles. The number of benzene rings is 1. The molecule has 242 valence electrons. The summed E-state index contributed by atoms with van der Waals surface area (Å²) in [5.41, 5.74) is -1.55. The topological polar surface area (TPSA) is 176 Å². The molecule has 1 saturated heterocycles. The zero-order valence-electron chi connectivity index (χ0n) is 25.5. The van der Waals surface area contributed by atoms with E-state index in [2.05, 4.69) is 20.9 Å². The lowest BCUT2D eigenvalue weighted by Crippen LogP contribution is -2.56. The van der Waals surface area contributed by atoms with Crippen LogP contribution in [0.5, 0.6) is 0 Å². The number of nitrogens with zero attached hydrogens (tertiary/aromatic N) is 2. The Morgan fingerprint density at radius 1 is 1.13 bits per heavy atom. The number of nitrogens with one attached hydrogen (secondary N) is 3. The first-order chi connectivity index (χ1) is 21.3. The smallest absolute Gasteiger partial charge is 0.413 e. The van der Waals surface area contributed by atoms with Gasteiger partial charge in [-0.2, -0.15) is 0 Å². The standard InChI is InChI=1S/C31H39N5O8S/c1-30(2,3)44-29(42)33-21-13-8-6-4-5-7-11-18-16-31(18,26(39)40)35-24(37)22-15-19(17-36(22)25(21)38)43-28(41)34-27-32-20-12-9-10-14-23(20)45-27/h7,9-12,14,18-19,21-22H,4-6,8,13,15-17H2,1-3H3,(H,33,42)(H,35,37)(H,39,40)(H,32,34,41)/b11-7-/t18-,19-,21+,22+,31-/m1/s1. The Bertz CT molecular complexity index is 1470. The van der Waals surface area contributed by atoms with Gasteiger partial charge in [-0.3, -0.25) is 14.9 Å². The van der Waals surface area contributed by atoms with E-state index >= 15 is 0 Å². The molecule has 0 radical (unpaired) electrons. The first-order valence-corrected chi connectivity index (χ1v) is 16.0. The second kappa shape index (κ2) is 13.0. The molecule has 0 spiro atoms. The van der Waals surface area contributed by atoms with E-state index < -0.39 is 59.3 Å². The summed E-state index contributed by atoms with van der Waals surface area (Å²) in [6.07, 6.45) is 4.74. The molecule has 1 aromatic heterocycles. The molecule has 5 atom stereocenters. The normalized spacial score (nSPS) is 28.0. The highest BCUT2D eigenvalue weighted by Crippen LogP contribution is 2.45. The number of carbonyl (C=O) groups excluding carboxylic acids is 4. The molecule has 5 rings (SSSR count). The maximum atomic E-state index is 14.0. The number of carboxylic acids is 1. The van der Waals surface area contributed by atoms with Crippen LogP contribution in [0.1, 0.15) is 65.7 Å². The largest absolute Gasteiger partial charge is 0.479 e. The Labute approximate surface area is 264 Å². The van der Waals surface area contributed by atoms with Crippen LogP contribution in [-0.4, -0.2) is 80.8 Å². The van der Waals surface area contributed by atoms with Gasteiger partial charge in [-0.1, -0.05) is 48.5 Å². The van der Waals surface area contributed by atoms with E-state index in [1.54, 1.807) is 20.8 Å². The number of carboxylic acid groups (broad SMARTS) is 1. The third kappa shape index (κ3) is 7.72. The predicted molar refractivity (Wildman–Crippen MR) is 166 cm³/mol. The average Bonchev–Trinajstić information content (AvgIpc) is 3.27. The van der Waals surface area contributed by atoms with Crippen molar-refractivity contribution in [2.75, 3.05) is 11.9 Å². The van der Waals surface area contributed by atoms with Crippen molar-refractivity contribution >= 4 is 56.7 Å². The second-order valence-electron chi connectivity index (χ2n) is 12.7. The first-order valence-electron chi connectivity index (χ1n) is 15.2. The van der Waals surface area contributed by atoms with Crippen LogP contribution in [0.2, 0.25) is 0 Å². The Hall–Kier alpha value is -4.20. The van der Waals surface area contributed by atoms with Gasteiger partial charge in [0.1, 0.15) is 29.3 Å². The number of aromatic nitrogens is 1. The van der Waals surface area contributed by atoms with Crippen LogP contribution >= 0.6 is 11.3 Å². The number of para-hydroxylation sites is 1. The molecule has 3 heterocycles. The summed E-state index contributed by atoms with van der Waals surface area (Å²) in [5, 5.41) is 18.3. The molecular formula is C31H39N5O8S. The maximum absolute atomic E-state index is 14.0. The fourth-order valence-electron chi connectivity index (χ4n) is 5.79. The number of ether oxygens (including phenoxy) is 2. The molecule has 1 saturated carbocycles. The van der Waals surface area contributed by atoms with Gasteiger partial charge < -0.3 is 30.1 Å². The summed E-state index contributed by atoms with van der Waals surface area (Å²) < 4.78 is 11.9. The number of anilines is 1. The first kappa shape index (κ1) is 32.2. The summed E-state index contributed by atoms with van der Waals surface area (Å²) >= 11 is 1.28. The number of alkyl carbamates (subject to hydrolysis) is 1. The third-order valence-corrected chi connectivity index (χ3v) is 9.04. The quantitative estimate of drug-likeness (QED) is 0.357. The van der Waals surface area contributed by atoms with Crippen molar-refractivity contribution in [3.05, 3.63) is 36.4 Å². The zero-order chi connectivity index (χ0) is 32.4. The number of fused-ring (bicyclic) bond motifs is 3. The van der Waals surface area contributed by atoms with E-state index in [4.69, 9.17) is 9.47 Å². The van der Waals surface area contributed by atoms with Crippen molar-refractivity contribution < 1.29 is 38.6 Å². The Balaban J connectivity index is 1.36. The minimum Gasteiger partial charge on any atom is -0.479 e. The van der Waals surface area contributed by atoms with Crippen molar-refractivity contribution in [3.63, 3.8) is 0 Å². The van der Waals surface area contributed by atoms with Crippen molar-refractivity contribution in [1.82, 2.24) is 20.5 Å². The molecule has 2 fully saturated rings. The minimum absolute atomic E-state index is 0.0554. The molecule has 2 aliphatic heterocycles. The van der Waals surface area contributed by atoms with E-state index in [0.29, 0.717) is 18.0 Å². The van der Waals surface area contributed by atoms with Gasteiger partial charge >= 0.3 is 18.2 Å². The van der Waals surface area contributed by atoms with E-state index in [1.165, 1.54) is 16.2 Å². The third-order valence-electron chi connectivity index (χ3n) is 8.09. The number of amides is 4. The van der Waals surface area contributed by atoms with Crippen molar-refractivity contribution in [3.8, 4) is 0 Å². The molecule has 13 nitrogen and oxygen atoms in total. The number of rotatable bonds is 4. The van der Waals surface area contributed by atoms with Crippen molar-refractivity contribution in [2.24, 2.45) is 5.92 Å². The second-order valence-corrected chi connectivity index (χ2v) is 13.8. The van der Waals surface area contributed by atoms with Gasteiger partial charge in [-0.15, -0.1) is 0 Å². The van der Waals surface area contributed by atoms with Gasteiger partial charge in [-0.05, 0) is 58.6 Å². The molecule has 1 aliphatic carbocycles. The zero-order valence-corrected chi connectivity index (χ0v) is 26.4. The lowest BCUT2D eigenvalue weighted by atomic mass is 10.0. The summed E-state index contributed by atoms with van der Waals surface area (Å²) in [4.78, 5) is 71.2. The van der Waals surface area contributed by atoms with Crippen molar-refractivity contribution in [1.29, 1.82) is 0 Å². The van der Waals surface area contributed by atoms with Crippen LogP contribution in [0.3, 0.4) is 0 Å². The number of hydrogen-bond acceptors (Lipinski definition) is 9. The van der Waals surface area contributed by atoms with Gasteiger partial charge in [0.05, 0.1) is 16.8 Å². The monoisotopic (exact) mass is 641 g/mol. The molecule has 4 N–H and O–H groups in total. The van der Waals surface area contributed by atoms with Crippen LogP contribution < -0.4 is 16.0 Å². The Morgan fingerprint density at radius 2 is 1.91 bits per heavy atom.